The topological polar surface area (TPSA) is 55.9 Å². The smallest absolute Gasteiger partial charge is 0.317 e. The number of amides is 3. The van der Waals surface area contributed by atoms with Gasteiger partial charge in [0.05, 0.1) is 6.04 Å². The van der Waals surface area contributed by atoms with Crippen LogP contribution in [0.5, 0.6) is 0 Å². The average molecular weight is 340 g/mol. The first-order valence-electron chi connectivity index (χ1n) is 8.62. The maximum absolute atomic E-state index is 12.6. The minimum atomic E-state index is 0.0235. The maximum atomic E-state index is 12.6. The second-order valence-corrected chi connectivity index (χ2v) is 8.27. The van der Waals surface area contributed by atoms with E-state index >= 15 is 0 Å². The Morgan fingerprint density at radius 3 is 2.30 bits per heavy atom. The van der Waals surface area contributed by atoms with Crippen molar-refractivity contribution in [1.82, 2.24) is 20.0 Å². The number of hydrogen-bond donors (Lipinski definition) is 1. The lowest BCUT2D eigenvalue weighted by Gasteiger charge is -2.37. The molecule has 2 saturated heterocycles. The molecule has 3 rings (SSSR count). The molecule has 3 fully saturated rings. The molecule has 0 aromatic heterocycles. The summed E-state index contributed by atoms with van der Waals surface area (Å²) in [6.45, 7) is 4.37. The van der Waals surface area contributed by atoms with Gasteiger partial charge in [-0.2, -0.15) is 11.8 Å². The standard InChI is InChI=1S/C16H28N4O2S/c1-18-7-3-4-13(18)14(21)19-8-10-20(11-9-19)15(22)17-12-16(23-2)5-6-16/h13H,3-12H2,1-2H3,(H,17,22). The summed E-state index contributed by atoms with van der Waals surface area (Å²) >= 11 is 1.85. The van der Waals surface area contributed by atoms with Crippen molar-refractivity contribution in [2.45, 2.75) is 36.5 Å². The van der Waals surface area contributed by atoms with Crippen molar-refractivity contribution in [3.05, 3.63) is 0 Å². The number of thioether (sulfide) groups is 1. The molecule has 1 unspecified atom stereocenters. The number of likely N-dealkylation sites (tertiary alicyclic amines) is 1. The van der Waals surface area contributed by atoms with Crippen LogP contribution in [0, 0.1) is 0 Å². The van der Waals surface area contributed by atoms with E-state index in [9.17, 15) is 9.59 Å². The molecule has 7 heteroatoms. The van der Waals surface area contributed by atoms with E-state index < -0.39 is 0 Å². The highest BCUT2D eigenvalue weighted by molar-refractivity contribution is 8.00. The van der Waals surface area contributed by atoms with Gasteiger partial charge in [0.15, 0.2) is 0 Å². The molecule has 6 nitrogen and oxygen atoms in total. The zero-order valence-electron chi connectivity index (χ0n) is 14.2. The summed E-state index contributed by atoms with van der Waals surface area (Å²) in [6, 6.07) is 0.0714. The number of hydrogen-bond acceptors (Lipinski definition) is 4. The third-order valence-electron chi connectivity index (χ3n) is 5.49. The van der Waals surface area contributed by atoms with Gasteiger partial charge in [0.1, 0.15) is 0 Å². The fraction of sp³-hybridized carbons (Fsp3) is 0.875. The zero-order valence-corrected chi connectivity index (χ0v) is 15.0. The molecule has 23 heavy (non-hydrogen) atoms. The Morgan fingerprint density at radius 1 is 1.13 bits per heavy atom. The van der Waals surface area contributed by atoms with Crippen LogP contribution >= 0.6 is 11.8 Å². The number of carbonyl (C=O) groups is 2. The molecule has 0 aromatic carbocycles. The predicted octanol–water partition coefficient (Wildman–Crippen LogP) is 0.830. The SMILES string of the molecule is CSC1(CNC(=O)N2CCN(C(=O)C3CCCN3C)CC2)CC1. The Bertz CT molecular complexity index is 461. The maximum Gasteiger partial charge on any atom is 0.317 e. The highest BCUT2D eigenvalue weighted by atomic mass is 32.2. The number of likely N-dealkylation sites (N-methyl/N-ethyl adjacent to an activating group) is 1. The van der Waals surface area contributed by atoms with Crippen molar-refractivity contribution >= 4 is 23.7 Å². The number of nitrogens with one attached hydrogen (secondary N) is 1. The van der Waals surface area contributed by atoms with E-state index in [4.69, 9.17) is 0 Å². The van der Waals surface area contributed by atoms with Crippen molar-refractivity contribution in [3.8, 4) is 0 Å². The van der Waals surface area contributed by atoms with E-state index in [1.807, 2.05) is 28.6 Å². The Morgan fingerprint density at radius 2 is 1.78 bits per heavy atom. The van der Waals surface area contributed by atoms with Gasteiger partial charge in [-0.25, -0.2) is 4.79 Å². The van der Waals surface area contributed by atoms with Crippen LogP contribution in [0.15, 0.2) is 0 Å². The Balaban J connectivity index is 1.42. The van der Waals surface area contributed by atoms with Gasteiger partial charge in [0.25, 0.3) is 0 Å². The van der Waals surface area contributed by atoms with Crippen molar-refractivity contribution < 1.29 is 9.59 Å². The molecule has 1 N–H and O–H groups in total. The summed E-state index contributed by atoms with van der Waals surface area (Å²) in [5.74, 6) is 0.240. The molecule has 1 saturated carbocycles. The minimum absolute atomic E-state index is 0.0235. The van der Waals surface area contributed by atoms with Gasteiger partial charge < -0.3 is 15.1 Å². The molecule has 0 radical (unpaired) electrons. The average Bonchev–Trinajstić information content (AvgIpc) is 3.25. The highest BCUT2D eigenvalue weighted by Crippen LogP contribution is 2.46. The first-order chi connectivity index (χ1) is 11.0. The molecule has 130 valence electrons. The fourth-order valence-electron chi connectivity index (χ4n) is 3.50. The number of carbonyl (C=O) groups excluding carboxylic acids is 2. The van der Waals surface area contributed by atoms with E-state index in [-0.39, 0.29) is 18.0 Å². The van der Waals surface area contributed by atoms with Crippen molar-refractivity contribution in [3.63, 3.8) is 0 Å². The molecule has 0 aromatic rings. The van der Waals surface area contributed by atoms with Crippen LogP contribution < -0.4 is 5.32 Å². The first kappa shape index (κ1) is 16.9. The summed E-state index contributed by atoms with van der Waals surface area (Å²) in [6.07, 6.45) is 6.58. The lowest BCUT2D eigenvalue weighted by Crippen LogP contribution is -2.56. The van der Waals surface area contributed by atoms with Gasteiger partial charge in [-0.05, 0) is 45.5 Å². The number of nitrogens with zero attached hydrogens (tertiary/aromatic N) is 3. The monoisotopic (exact) mass is 340 g/mol. The van der Waals surface area contributed by atoms with Crippen LogP contribution in [0.1, 0.15) is 25.7 Å². The largest absolute Gasteiger partial charge is 0.338 e. The molecule has 2 aliphatic heterocycles. The molecule has 0 bridgehead atoms. The Kier molecular flexibility index (Phi) is 5.06. The summed E-state index contributed by atoms with van der Waals surface area (Å²) in [7, 11) is 2.03. The number of piperazine rings is 1. The fourth-order valence-corrected chi connectivity index (χ4v) is 4.23. The molecule has 2 heterocycles. The molecule has 3 amide bonds. The second kappa shape index (κ2) is 6.89. The Labute approximate surface area is 142 Å². The van der Waals surface area contributed by atoms with Crippen molar-refractivity contribution in [2.24, 2.45) is 0 Å². The van der Waals surface area contributed by atoms with E-state index in [1.165, 1.54) is 12.8 Å². The second-order valence-electron chi connectivity index (χ2n) is 7.00. The minimum Gasteiger partial charge on any atom is -0.338 e. The van der Waals surface area contributed by atoms with E-state index in [0.717, 1.165) is 25.9 Å². The van der Waals surface area contributed by atoms with E-state index in [2.05, 4.69) is 16.5 Å². The summed E-state index contributed by atoms with van der Waals surface area (Å²) in [5, 5.41) is 3.07. The molecule has 1 atom stereocenters. The summed E-state index contributed by atoms with van der Waals surface area (Å²) < 4.78 is 0.292. The van der Waals surface area contributed by atoms with Gasteiger partial charge in [-0.3, -0.25) is 9.69 Å². The molecule has 1 aliphatic carbocycles. The van der Waals surface area contributed by atoms with Gasteiger partial charge in [-0.1, -0.05) is 0 Å². The van der Waals surface area contributed by atoms with E-state index in [0.29, 0.717) is 30.9 Å². The van der Waals surface area contributed by atoms with Gasteiger partial charge in [0.2, 0.25) is 5.91 Å². The predicted molar refractivity (Wildman–Crippen MR) is 92.7 cm³/mol. The molecular weight excluding hydrogens is 312 g/mol. The van der Waals surface area contributed by atoms with Gasteiger partial charge >= 0.3 is 6.03 Å². The van der Waals surface area contributed by atoms with Crippen LogP contribution in [0.25, 0.3) is 0 Å². The van der Waals surface area contributed by atoms with E-state index in [1.54, 1.807) is 0 Å². The number of rotatable bonds is 4. The third kappa shape index (κ3) is 3.76. The van der Waals surface area contributed by atoms with Crippen LogP contribution in [0.3, 0.4) is 0 Å². The lowest BCUT2D eigenvalue weighted by molar-refractivity contribution is -0.137. The highest BCUT2D eigenvalue weighted by Gasteiger charge is 2.42. The van der Waals surface area contributed by atoms with Gasteiger partial charge in [0, 0.05) is 37.5 Å². The first-order valence-corrected chi connectivity index (χ1v) is 9.84. The van der Waals surface area contributed by atoms with Crippen molar-refractivity contribution in [2.75, 3.05) is 52.6 Å². The summed E-state index contributed by atoms with van der Waals surface area (Å²) in [4.78, 5) is 30.7. The zero-order chi connectivity index (χ0) is 16.4. The number of urea groups is 1. The normalized spacial score (nSPS) is 27.1. The van der Waals surface area contributed by atoms with Gasteiger partial charge in [-0.15, -0.1) is 0 Å². The van der Waals surface area contributed by atoms with Crippen LogP contribution in [0.2, 0.25) is 0 Å². The van der Waals surface area contributed by atoms with Crippen LogP contribution in [-0.4, -0.2) is 90.0 Å². The van der Waals surface area contributed by atoms with Crippen molar-refractivity contribution in [1.29, 1.82) is 0 Å². The Hall–Kier alpha value is -0.950. The third-order valence-corrected chi connectivity index (χ3v) is 6.91. The molecular formula is C16H28N4O2S. The quantitative estimate of drug-likeness (QED) is 0.824. The lowest BCUT2D eigenvalue weighted by atomic mass is 10.2. The molecule has 0 spiro atoms. The molecule has 3 aliphatic rings. The summed E-state index contributed by atoms with van der Waals surface area (Å²) in [5.41, 5.74) is 0. The van der Waals surface area contributed by atoms with Crippen LogP contribution in [-0.2, 0) is 4.79 Å². The van der Waals surface area contributed by atoms with Crippen LogP contribution in [0.4, 0.5) is 4.79 Å².